The van der Waals surface area contributed by atoms with Gasteiger partial charge in [0, 0.05) is 12.7 Å². The molecule has 0 radical (unpaired) electrons. The van der Waals surface area contributed by atoms with Crippen molar-refractivity contribution >= 4 is 22.8 Å². The van der Waals surface area contributed by atoms with E-state index in [1.54, 1.807) is 24.7 Å². The van der Waals surface area contributed by atoms with Gasteiger partial charge in [0.15, 0.2) is 0 Å². The summed E-state index contributed by atoms with van der Waals surface area (Å²) in [4.78, 5) is 32.7. The summed E-state index contributed by atoms with van der Waals surface area (Å²) in [5, 5.41) is 5.27. The standard InChI is InChI=1S/C23H20FN5O2/c24-18-5-3-4-16(10-18)11-22(30)27-14-23(31)26-13-17-8-9-21(25-12-17)29-15-28-19-6-1-2-7-20(19)29/h1-10,12,15H,11,13-14H2,(H,26,31)(H,27,30). The molecule has 7 nitrogen and oxygen atoms in total. The smallest absolute Gasteiger partial charge is 0.239 e. The van der Waals surface area contributed by atoms with Crippen molar-refractivity contribution in [2.45, 2.75) is 13.0 Å². The van der Waals surface area contributed by atoms with Gasteiger partial charge in [-0.2, -0.15) is 0 Å². The minimum Gasteiger partial charge on any atom is -0.350 e. The predicted molar refractivity (Wildman–Crippen MR) is 114 cm³/mol. The minimum absolute atomic E-state index is 0.0132. The summed E-state index contributed by atoms with van der Waals surface area (Å²) in [6.07, 6.45) is 3.42. The van der Waals surface area contributed by atoms with E-state index >= 15 is 0 Å². The summed E-state index contributed by atoms with van der Waals surface area (Å²) < 4.78 is 15.1. The van der Waals surface area contributed by atoms with E-state index in [-0.39, 0.29) is 31.3 Å². The zero-order chi connectivity index (χ0) is 21.6. The molecule has 0 saturated heterocycles. The second kappa shape index (κ2) is 9.17. The van der Waals surface area contributed by atoms with E-state index in [2.05, 4.69) is 20.6 Å². The third kappa shape index (κ3) is 5.11. The van der Waals surface area contributed by atoms with Gasteiger partial charge < -0.3 is 10.6 Å². The molecule has 2 aromatic carbocycles. The highest BCUT2D eigenvalue weighted by Crippen LogP contribution is 2.16. The van der Waals surface area contributed by atoms with Crippen LogP contribution in [0.4, 0.5) is 4.39 Å². The highest BCUT2D eigenvalue weighted by atomic mass is 19.1. The Morgan fingerprint density at radius 1 is 0.903 bits per heavy atom. The maximum Gasteiger partial charge on any atom is 0.239 e. The van der Waals surface area contributed by atoms with Gasteiger partial charge in [0.2, 0.25) is 11.8 Å². The molecule has 0 aliphatic carbocycles. The van der Waals surface area contributed by atoms with E-state index in [0.717, 1.165) is 22.4 Å². The number of imidazole rings is 1. The van der Waals surface area contributed by atoms with Gasteiger partial charge >= 0.3 is 0 Å². The van der Waals surface area contributed by atoms with Crippen molar-refractivity contribution in [1.29, 1.82) is 0 Å². The summed E-state index contributed by atoms with van der Waals surface area (Å²) in [5.74, 6) is -0.339. The lowest BCUT2D eigenvalue weighted by molar-refractivity contribution is -0.125. The molecular formula is C23H20FN5O2. The molecule has 0 bridgehead atoms. The number of rotatable bonds is 7. The largest absolute Gasteiger partial charge is 0.350 e. The quantitative estimate of drug-likeness (QED) is 0.484. The second-order valence-corrected chi connectivity index (χ2v) is 6.99. The molecule has 0 fully saturated rings. The van der Waals surface area contributed by atoms with Crippen molar-refractivity contribution in [2.75, 3.05) is 6.54 Å². The average molecular weight is 417 g/mol. The van der Waals surface area contributed by atoms with E-state index in [4.69, 9.17) is 0 Å². The van der Waals surface area contributed by atoms with Gasteiger partial charge in [0.1, 0.15) is 18.0 Å². The lowest BCUT2D eigenvalue weighted by Crippen LogP contribution is -2.37. The van der Waals surface area contributed by atoms with Gasteiger partial charge in [-0.25, -0.2) is 14.4 Å². The Labute approximate surface area is 177 Å². The number of benzene rings is 2. The van der Waals surface area contributed by atoms with Crippen LogP contribution in [-0.4, -0.2) is 32.9 Å². The summed E-state index contributed by atoms with van der Waals surface area (Å²) >= 11 is 0. The number of hydrogen-bond donors (Lipinski definition) is 2. The highest BCUT2D eigenvalue weighted by molar-refractivity contribution is 5.85. The molecule has 2 amide bonds. The Morgan fingerprint density at radius 2 is 1.77 bits per heavy atom. The van der Waals surface area contributed by atoms with E-state index in [1.165, 1.54) is 12.1 Å². The summed E-state index contributed by atoms with van der Waals surface area (Å²) in [6, 6.07) is 17.3. The number of aromatic nitrogens is 3. The van der Waals surface area contributed by atoms with E-state index < -0.39 is 5.82 Å². The highest BCUT2D eigenvalue weighted by Gasteiger charge is 2.08. The number of carbonyl (C=O) groups is 2. The Hall–Kier alpha value is -4.07. The van der Waals surface area contributed by atoms with Crippen LogP contribution in [0.25, 0.3) is 16.9 Å². The van der Waals surface area contributed by atoms with Gasteiger partial charge in [-0.05, 0) is 41.5 Å². The Balaban J connectivity index is 1.26. The molecule has 0 spiro atoms. The van der Waals surface area contributed by atoms with Crippen LogP contribution in [0.3, 0.4) is 0 Å². The third-order valence-corrected chi connectivity index (χ3v) is 4.70. The molecule has 8 heteroatoms. The fraction of sp³-hybridized carbons (Fsp3) is 0.130. The van der Waals surface area contributed by atoms with Crippen LogP contribution >= 0.6 is 0 Å². The molecule has 2 N–H and O–H groups in total. The number of pyridine rings is 1. The SMILES string of the molecule is O=C(CNC(=O)Cc1cccc(F)c1)NCc1ccc(-n2cnc3ccccc32)nc1. The molecule has 31 heavy (non-hydrogen) atoms. The van der Waals surface area contributed by atoms with Crippen LogP contribution in [0.15, 0.2) is 73.2 Å². The van der Waals surface area contributed by atoms with Gasteiger partial charge in [-0.1, -0.05) is 30.3 Å². The second-order valence-electron chi connectivity index (χ2n) is 6.99. The number of halogens is 1. The molecule has 0 atom stereocenters. The van der Waals surface area contributed by atoms with Crippen LogP contribution < -0.4 is 10.6 Å². The topological polar surface area (TPSA) is 88.9 Å². The molecule has 2 aromatic heterocycles. The van der Waals surface area contributed by atoms with Crippen LogP contribution in [0.1, 0.15) is 11.1 Å². The molecule has 0 aliphatic heterocycles. The zero-order valence-corrected chi connectivity index (χ0v) is 16.6. The molecule has 0 unspecified atom stereocenters. The average Bonchev–Trinajstić information content (AvgIpc) is 3.21. The molecule has 0 aliphatic rings. The fourth-order valence-electron chi connectivity index (χ4n) is 3.14. The number of para-hydroxylation sites is 2. The lowest BCUT2D eigenvalue weighted by atomic mass is 10.1. The van der Waals surface area contributed by atoms with E-state index in [9.17, 15) is 14.0 Å². The van der Waals surface area contributed by atoms with Gasteiger partial charge in [0.25, 0.3) is 0 Å². The first-order valence-electron chi connectivity index (χ1n) is 9.74. The maximum atomic E-state index is 13.2. The number of hydrogen-bond acceptors (Lipinski definition) is 4. The first kappa shape index (κ1) is 20.2. The monoisotopic (exact) mass is 417 g/mol. The van der Waals surface area contributed by atoms with Crippen molar-refractivity contribution < 1.29 is 14.0 Å². The normalized spacial score (nSPS) is 10.7. The van der Waals surface area contributed by atoms with E-state index in [1.807, 2.05) is 41.0 Å². The fourth-order valence-corrected chi connectivity index (χ4v) is 3.14. The number of fused-ring (bicyclic) bond motifs is 1. The first-order chi connectivity index (χ1) is 15.1. The van der Waals surface area contributed by atoms with Crippen LogP contribution in [0.5, 0.6) is 0 Å². The maximum absolute atomic E-state index is 13.2. The number of nitrogens with one attached hydrogen (secondary N) is 2. The molecule has 2 heterocycles. The van der Waals surface area contributed by atoms with Crippen molar-refractivity contribution in [1.82, 2.24) is 25.2 Å². The Bertz CT molecular complexity index is 1220. The molecular weight excluding hydrogens is 397 g/mol. The van der Waals surface area contributed by atoms with Crippen LogP contribution in [-0.2, 0) is 22.6 Å². The Morgan fingerprint density at radius 3 is 2.58 bits per heavy atom. The third-order valence-electron chi connectivity index (χ3n) is 4.70. The van der Waals surface area contributed by atoms with Crippen LogP contribution in [0, 0.1) is 5.82 Å². The summed E-state index contributed by atoms with van der Waals surface area (Å²) in [5.41, 5.74) is 3.23. The van der Waals surface area contributed by atoms with Gasteiger partial charge in [0.05, 0.1) is 24.0 Å². The van der Waals surface area contributed by atoms with Crippen LogP contribution in [0.2, 0.25) is 0 Å². The predicted octanol–water partition coefficient (Wildman–Crippen LogP) is 2.53. The van der Waals surface area contributed by atoms with E-state index in [0.29, 0.717) is 5.56 Å². The summed E-state index contributed by atoms with van der Waals surface area (Å²) in [7, 11) is 0. The van der Waals surface area contributed by atoms with Crippen molar-refractivity contribution in [3.63, 3.8) is 0 Å². The van der Waals surface area contributed by atoms with Crippen molar-refractivity contribution in [3.05, 3.63) is 90.1 Å². The summed E-state index contributed by atoms with van der Waals surface area (Å²) in [6.45, 7) is 0.136. The first-order valence-corrected chi connectivity index (χ1v) is 9.74. The van der Waals surface area contributed by atoms with Gasteiger partial charge in [-0.15, -0.1) is 0 Å². The minimum atomic E-state index is -0.399. The van der Waals surface area contributed by atoms with Gasteiger partial charge in [-0.3, -0.25) is 14.2 Å². The van der Waals surface area contributed by atoms with Crippen molar-refractivity contribution in [3.8, 4) is 5.82 Å². The zero-order valence-electron chi connectivity index (χ0n) is 16.6. The van der Waals surface area contributed by atoms with Crippen molar-refractivity contribution in [2.24, 2.45) is 0 Å². The molecule has 4 rings (SSSR count). The number of nitrogens with zero attached hydrogens (tertiary/aromatic N) is 3. The molecule has 4 aromatic rings. The number of carbonyl (C=O) groups excluding carboxylic acids is 2. The molecule has 0 saturated carbocycles. The Kier molecular flexibility index (Phi) is 5.98. The lowest BCUT2D eigenvalue weighted by Gasteiger charge is -2.08. The molecule has 156 valence electrons. The number of amides is 2.